The molecule has 0 bridgehead atoms. The quantitative estimate of drug-likeness (QED) is 0.713. The van der Waals surface area contributed by atoms with Crippen LogP contribution in [0.1, 0.15) is 24.8 Å². The number of para-hydroxylation sites is 2. The molecule has 0 aliphatic carbocycles. The van der Waals surface area contributed by atoms with E-state index in [2.05, 4.69) is 12.1 Å². The van der Waals surface area contributed by atoms with Crippen molar-refractivity contribution in [3.8, 4) is 11.5 Å². The summed E-state index contributed by atoms with van der Waals surface area (Å²) in [5.41, 5.74) is 6.63. The SMILES string of the molecule is NCCCCCOc1ccccc1OCc1ccccc1. The van der Waals surface area contributed by atoms with Gasteiger partial charge in [0.25, 0.3) is 0 Å². The van der Waals surface area contributed by atoms with Crippen molar-refractivity contribution in [2.45, 2.75) is 25.9 Å². The van der Waals surface area contributed by atoms with E-state index in [0.29, 0.717) is 13.2 Å². The number of benzene rings is 2. The highest BCUT2D eigenvalue weighted by atomic mass is 16.5. The summed E-state index contributed by atoms with van der Waals surface area (Å²) in [4.78, 5) is 0. The highest BCUT2D eigenvalue weighted by Gasteiger charge is 2.04. The molecule has 3 nitrogen and oxygen atoms in total. The van der Waals surface area contributed by atoms with Crippen molar-refractivity contribution in [1.82, 2.24) is 0 Å². The van der Waals surface area contributed by atoms with Gasteiger partial charge in [0.2, 0.25) is 0 Å². The van der Waals surface area contributed by atoms with Crippen LogP contribution in [0, 0.1) is 0 Å². The van der Waals surface area contributed by atoms with Gasteiger partial charge in [-0.05, 0) is 43.5 Å². The monoisotopic (exact) mass is 285 g/mol. The van der Waals surface area contributed by atoms with Crippen LogP contribution in [0.3, 0.4) is 0 Å². The van der Waals surface area contributed by atoms with Gasteiger partial charge in [0.15, 0.2) is 11.5 Å². The van der Waals surface area contributed by atoms with Gasteiger partial charge in [0, 0.05) is 0 Å². The van der Waals surface area contributed by atoms with Gasteiger partial charge in [0.1, 0.15) is 6.61 Å². The van der Waals surface area contributed by atoms with E-state index < -0.39 is 0 Å². The summed E-state index contributed by atoms with van der Waals surface area (Å²) in [5, 5.41) is 0. The average Bonchev–Trinajstić information content (AvgIpc) is 2.55. The summed E-state index contributed by atoms with van der Waals surface area (Å²) < 4.78 is 11.7. The van der Waals surface area contributed by atoms with Crippen LogP contribution < -0.4 is 15.2 Å². The molecule has 0 amide bonds. The van der Waals surface area contributed by atoms with Crippen molar-refractivity contribution in [2.24, 2.45) is 5.73 Å². The van der Waals surface area contributed by atoms with Crippen LogP contribution in [0.25, 0.3) is 0 Å². The Morgan fingerprint density at radius 1 is 0.714 bits per heavy atom. The molecular formula is C18H23NO2. The molecule has 0 spiro atoms. The number of hydrogen-bond donors (Lipinski definition) is 1. The molecule has 0 fully saturated rings. The van der Waals surface area contributed by atoms with E-state index in [-0.39, 0.29) is 0 Å². The Kier molecular flexibility index (Phi) is 6.62. The van der Waals surface area contributed by atoms with Crippen LogP contribution in [0.4, 0.5) is 0 Å². The Balaban J connectivity index is 1.84. The topological polar surface area (TPSA) is 44.5 Å². The van der Waals surface area contributed by atoms with Crippen molar-refractivity contribution in [3.63, 3.8) is 0 Å². The van der Waals surface area contributed by atoms with Gasteiger partial charge in [-0.25, -0.2) is 0 Å². The predicted molar refractivity (Wildman–Crippen MR) is 85.6 cm³/mol. The summed E-state index contributed by atoms with van der Waals surface area (Å²) in [6.07, 6.45) is 3.17. The minimum atomic E-state index is 0.550. The van der Waals surface area contributed by atoms with Gasteiger partial charge < -0.3 is 15.2 Å². The molecular weight excluding hydrogens is 262 g/mol. The molecule has 0 unspecified atom stereocenters. The van der Waals surface area contributed by atoms with E-state index in [9.17, 15) is 0 Å². The van der Waals surface area contributed by atoms with Crippen molar-refractivity contribution in [2.75, 3.05) is 13.2 Å². The molecule has 0 radical (unpaired) electrons. The maximum absolute atomic E-state index is 5.86. The van der Waals surface area contributed by atoms with Crippen LogP contribution in [-0.2, 0) is 6.61 Å². The maximum atomic E-state index is 5.86. The first-order valence-corrected chi connectivity index (χ1v) is 7.49. The van der Waals surface area contributed by atoms with E-state index in [1.54, 1.807) is 0 Å². The zero-order valence-electron chi connectivity index (χ0n) is 12.3. The second-order valence-corrected chi connectivity index (χ2v) is 4.92. The highest BCUT2D eigenvalue weighted by molar-refractivity contribution is 5.39. The molecule has 2 aromatic rings. The number of nitrogens with two attached hydrogens (primary N) is 1. The predicted octanol–water partition coefficient (Wildman–Crippen LogP) is 3.77. The molecule has 0 saturated heterocycles. The molecule has 0 aromatic heterocycles. The molecule has 21 heavy (non-hydrogen) atoms. The van der Waals surface area contributed by atoms with Crippen LogP contribution in [0.5, 0.6) is 11.5 Å². The number of hydrogen-bond acceptors (Lipinski definition) is 3. The molecule has 0 saturated carbocycles. The van der Waals surface area contributed by atoms with Gasteiger partial charge in [-0.2, -0.15) is 0 Å². The van der Waals surface area contributed by atoms with Gasteiger partial charge in [0.05, 0.1) is 6.61 Å². The zero-order chi connectivity index (χ0) is 14.8. The summed E-state index contributed by atoms with van der Waals surface area (Å²) in [5.74, 6) is 1.60. The highest BCUT2D eigenvalue weighted by Crippen LogP contribution is 2.27. The molecule has 0 aliphatic heterocycles. The first-order valence-electron chi connectivity index (χ1n) is 7.49. The van der Waals surface area contributed by atoms with Crippen LogP contribution in [-0.4, -0.2) is 13.2 Å². The Hall–Kier alpha value is -2.00. The second-order valence-electron chi connectivity index (χ2n) is 4.92. The third kappa shape index (κ3) is 5.48. The Morgan fingerprint density at radius 3 is 2.10 bits per heavy atom. The minimum Gasteiger partial charge on any atom is -0.490 e. The third-order valence-corrected chi connectivity index (χ3v) is 3.19. The summed E-state index contributed by atoms with van der Waals surface area (Å²) in [6.45, 7) is 2.00. The number of unbranched alkanes of at least 4 members (excludes halogenated alkanes) is 2. The molecule has 3 heteroatoms. The summed E-state index contributed by atoms with van der Waals surface area (Å²) in [6, 6.07) is 17.9. The normalized spacial score (nSPS) is 10.3. The van der Waals surface area contributed by atoms with Gasteiger partial charge >= 0.3 is 0 Å². The fourth-order valence-electron chi connectivity index (χ4n) is 2.03. The van der Waals surface area contributed by atoms with Crippen LogP contribution in [0.2, 0.25) is 0 Å². The molecule has 2 N–H and O–H groups in total. The lowest BCUT2D eigenvalue weighted by Crippen LogP contribution is -2.03. The summed E-state index contributed by atoms with van der Waals surface area (Å²) in [7, 11) is 0. The van der Waals surface area contributed by atoms with Crippen molar-refractivity contribution in [3.05, 3.63) is 60.2 Å². The molecule has 112 valence electrons. The summed E-state index contributed by atoms with van der Waals surface area (Å²) >= 11 is 0. The lowest BCUT2D eigenvalue weighted by molar-refractivity contribution is 0.257. The van der Waals surface area contributed by atoms with Crippen LogP contribution >= 0.6 is 0 Å². The first kappa shape index (κ1) is 15.4. The minimum absolute atomic E-state index is 0.550. The molecule has 0 atom stereocenters. The first-order chi connectivity index (χ1) is 10.4. The maximum Gasteiger partial charge on any atom is 0.161 e. The number of ether oxygens (including phenoxy) is 2. The van der Waals surface area contributed by atoms with Crippen LogP contribution in [0.15, 0.2) is 54.6 Å². The Morgan fingerprint density at radius 2 is 1.38 bits per heavy atom. The number of rotatable bonds is 9. The van der Waals surface area contributed by atoms with Gasteiger partial charge in [-0.1, -0.05) is 42.5 Å². The van der Waals surface area contributed by atoms with Gasteiger partial charge in [-0.3, -0.25) is 0 Å². The average molecular weight is 285 g/mol. The van der Waals surface area contributed by atoms with E-state index in [0.717, 1.165) is 42.9 Å². The Labute approximate surface area is 126 Å². The van der Waals surface area contributed by atoms with E-state index >= 15 is 0 Å². The molecule has 0 aliphatic rings. The fourth-order valence-corrected chi connectivity index (χ4v) is 2.03. The lowest BCUT2D eigenvalue weighted by Gasteiger charge is -2.12. The molecule has 2 rings (SSSR count). The standard InChI is InChI=1S/C18H23NO2/c19-13-7-2-8-14-20-17-11-5-6-12-18(17)21-15-16-9-3-1-4-10-16/h1,3-6,9-12H,2,7-8,13-15,19H2. The van der Waals surface area contributed by atoms with E-state index in [1.807, 2.05) is 42.5 Å². The Bertz CT molecular complexity index is 514. The van der Waals surface area contributed by atoms with E-state index in [1.165, 1.54) is 0 Å². The van der Waals surface area contributed by atoms with Crippen molar-refractivity contribution < 1.29 is 9.47 Å². The smallest absolute Gasteiger partial charge is 0.161 e. The molecule has 0 heterocycles. The molecule has 2 aromatic carbocycles. The largest absolute Gasteiger partial charge is 0.490 e. The lowest BCUT2D eigenvalue weighted by atomic mass is 10.2. The fraction of sp³-hybridized carbons (Fsp3) is 0.333. The van der Waals surface area contributed by atoms with Crippen molar-refractivity contribution in [1.29, 1.82) is 0 Å². The van der Waals surface area contributed by atoms with Gasteiger partial charge in [-0.15, -0.1) is 0 Å². The van der Waals surface area contributed by atoms with E-state index in [4.69, 9.17) is 15.2 Å². The third-order valence-electron chi connectivity index (χ3n) is 3.19. The second kappa shape index (κ2) is 9.03. The van der Waals surface area contributed by atoms with Crippen molar-refractivity contribution >= 4 is 0 Å². The zero-order valence-corrected chi connectivity index (χ0v) is 12.3.